The monoisotopic (exact) mass is 444 g/mol. The lowest BCUT2D eigenvalue weighted by Crippen LogP contribution is -2.17. The lowest BCUT2D eigenvalue weighted by Gasteiger charge is -2.24. The van der Waals surface area contributed by atoms with Crippen LogP contribution < -0.4 is 9.47 Å². The maximum Gasteiger partial charge on any atom is 0.573 e. The minimum atomic E-state index is -4.86. The van der Waals surface area contributed by atoms with Gasteiger partial charge in [-0.3, -0.25) is 4.79 Å². The summed E-state index contributed by atoms with van der Waals surface area (Å²) in [6, 6.07) is 12.9. The summed E-state index contributed by atoms with van der Waals surface area (Å²) in [5, 5.41) is 19.2. The molecule has 2 aromatic carbocycles. The standard InChI is InChI=1S/C23H19F3N2O4/c24-23(25,26)32-19-7-14(12-27)6-15(8-19)13-31-18-3-4-20-17(9-18)10-21-16(11-22(29)30)2-1-5-28(20)21/h3-4,6-10,16H,1-2,5,11,13H2,(H,29,30). The molecule has 3 aromatic rings. The second-order valence-corrected chi connectivity index (χ2v) is 7.69. The van der Waals surface area contributed by atoms with Gasteiger partial charge in [0.15, 0.2) is 0 Å². The maximum absolute atomic E-state index is 12.5. The Morgan fingerprint density at radius 1 is 1.19 bits per heavy atom. The topological polar surface area (TPSA) is 84.5 Å². The number of hydrogen-bond donors (Lipinski definition) is 1. The van der Waals surface area contributed by atoms with Gasteiger partial charge < -0.3 is 19.1 Å². The predicted molar refractivity (Wildman–Crippen MR) is 108 cm³/mol. The van der Waals surface area contributed by atoms with Crippen molar-refractivity contribution in [3.8, 4) is 17.6 Å². The maximum atomic E-state index is 12.5. The Morgan fingerprint density at radius 2 is 2.00 bits per heavy atom. The van der Waals surface area contributed by atoms with Crippen LogP contribution in [-0.2, 0) is 17.9 Å². The Morgan fingerprint density at radius 3 is 2.72 bits per heavy atom. The van der Waals surface area contributed by atoms with E-state index in [1.807, 2.05) is 24.3 Å². The summed E-state index contributed by atoms with van der Waals surface area (Å²) in [6.45, 7) is 0.766. The van der Waals surface area contributed by atoms with Crippen molar-refractivity contribution in [2.24, 2.45) is 0 Å². The van der Waals surface area contributed by atoms with Gasteiger partial charge in [0.2, 0.25) is 0 Å². The molecule has 1 atom stereocenters. The minimum Gasteiger partial charge on any atom is -0.489 e. The van der Waals surface area contributed by atoms with Gasteiger partial charge in [-0.2, -0.15) is 5.26 Å². The Balaban J connectivity index is 1.55. The first-order valence-electron chi connectivity index (χ1n) is 9.99. The van der Waals surface area contributed by atoms with E-state index in [0.717, 1.165) is 42.0 Å². The normalized spacial score (nSPS) is 15.8. The molecular weight excluding hydrogens is 425 g/mol. The molecule has 32 heavy (non-hydrogen) atoms. The Kier molecular flexibility index (Phi) is 5.70. The van der Waals surface area contributed by atoms with Gasteiger partial charge in [-0.25, -0.2) is 0 Å². The van der Waals surface area contributed by atoms with Crippen molar-refractivity contribution in [3.63, 3.8) is 0 Å². The zero-order valence-corrected chi connectivity index (χ0v) is 16.9. The van der Waals surface area contributed by atoms with E-state index >= 15 is 0 Å². The van der Waals surface area contributed by atoms with Crippen molar-refractivity contribution < 1.29 is 32.5 Å². The van der Waals surface area contributed by atoms with Gasteiger partial charge in [-0.05, 0) is 60.9 Å². The highest BCUT2D eigenvalue weighted by Gasteiger charge is 2.31. The first-order valence-corrected chi connectivity index (χ1v) is 9.99. The molecule has 1 aliphatic heterocycles. The number of halogens is 3. The zero-order chi connectivity index (χ0) is 22.9. The number of nitrogens with zero attached hydrogens (tertiary/aromatic N) is 2. The molecule has 0 saturated carbocycles. The molecule has 1 aliphatic rings. The molecule has 0 radical (unpaired) electrons. The van der Waals surface area contributed by atoms with E-state index in [-0.39, 0.29) is 24.5 Å². The molecule has 1 N–H and O–H groups in total. The fraction of sp³-hybridized carbons (Fsp3) is 0.304. The third kappa shape index (κ3) is 4.80. The van der Waals surface area contributed by atoms with Crippen LogP contribution in [0.2, 0.25) is 0 Å². The van der Waals surface area contributed by atoms with E-state index in [9.17, 15) is 23.1 Å². The number of rotatable bonds is 6. The Labute approximate surface area is 181 Å². The van der Waals surface area contributed by atoms with E-state index in [4.69, 9.17) is 10.00 Å². The van der Waals surface area contributed by atoms with Crippen molar-refractivity contribution in [2.45, 2.75) is 44.7 Å². The third-order valence-electron chi connectivity index (χ3n) is 5.41. The van der Waals surface area contributed by atoms with Gasteiger partial charge in [-0.15, -0.1) is 13.2 Å². The number of aliphatic carboxylic acids is 1. The molecule has 2 heterocycles. The number of carbonyl (C=O) groups is 1. The molecular formula is C23H19F3N2O4. The Bertz CT molecular complexity index is 1210. The van der Waals surface area contributed by atoms with Crippen molar-refractivity contribution in [1.29, 1.82) is 5.26 Å². The number of carboxylic acids is 1. The number of alkyl halides is 3. The molecule has 1 unspecified atom stereocenters. The van der Waals surface area contributed by atoms with E-state index in [2.05, 4.69) is 9.30 Å². The number of aromatic nitrogens is 1. The summed E-state index contributed by atoms with van der Waals surface area (Å²) < 4.78 is 49.4. The van der Waals surface area contributed by atoms with Crippen molar-refractivity contribution >= 4 is 16.9 Å². The number of benzene rings is 2. The second kappa shape index (κ2) is 8.46. The molecule has 0 amide bonds. The van der Waals surface area contributed by atoms with Crippen LogP contribution in [0.1, 0.15) is 42.0 Å². The summed E-state index contributed by atoms with van der Waals surface area (Å²) in [6.07, 6.45) is -3.05. The van der Waals surface area contributed by atoms with Crippen molar-refractivity contribution in [1.82, 2.24) is 4.57 Å². The molecule has 166 valence electrons. The average Bonchev–Trinajstić information content (AvgIpc) is 3.09. The predicted octanol–water partition coefficient (Wildman–Crippen LogP) is 5.34. The van der Waals surface area contributed by atoms with Gasteiger partial charge in [-0.1, -0.05) is 0 Å². The summed E-state index contributed by atoms with van der Waals surface area (Å²) in [4.78, 5) is 11.2. The SMILES string of the molecule is N#Cc1cc(COc2ccc3c(c2)cc2n3CCCC2CC(=O)O)cc(OC(F)(F)F)c1. The summed E-state index contributed by atoms with van der Waals surface area (Å²) >= 11 is 0. The fourth-order valence-electron chi connectivity index (χ4n) is 4.18. The number of aryl methyl sites for hydroxylation is 1. The van der Waals surface area contributed by atoms with Crippen LogP contribution in [0.3, 0.4) is 0 Å². The van der Waals surface area contributed by atoms with Crippen LogP contribution in [0.25, 0.3) is 10.9 Å². The summed E-state index contributed by atoms with van der Waals surface area (Å²) in [7, 11) is 0. The molecule has 0 aliphatic carbocycles. The van der Waals surface area contributed by atoms with Crippen molar-refractivity contribution in [3.05, 3.63) is 59.3 Å². The quantitative estimate of drug-likeness (QED) is 0.555. The highest BCUT2D eigenvalue weighted by Crippen LogP contribution is 2.36. The van der Waals surface area contributed by atoms with Crippen LogP contribution in [0.15, 0.2) is 42.5 Å². The number of ether oxygens (including phenoxy) is 2. The molecule has 0 fully saturated rings. The number of hydrogen-bond acceptors (Lipinski definition) is 4. The van der Waals surface area contributed by atoms with E-state index in [1.54, 1.807) is 6.07 Å². The lowest BCUT2D eigenvalue weighted by atomic mass is 9.93. The van der Waals surface area contributed by atoms with Crippen LogP contribution in [0.5, 0.6) is 11.5 Å². The lowest BCUT2D eigenvalue weighted by molar-refractivity contribution is -0.274. The van der Waals surface area contributed by atoms with Gasteiger partial charge in [0.25, 0.3) is 0 Å². The van der Waals surface area contributed by atoms with Gasteiger partial charge in [0.1, 0.15) is 18.1 Å². The van der Waals surface area contributed by atoms with Crippen LogP contribution in [0.4, 0.5) is 13.2 Å². The number of carboxylic acid groups (broad SMARTS) is 1. The van der Waals surface area contributed by atoms with Crippen LogP contribution in [-0.4, -0.2) is 22.0 Å². The minimum absolute atomic E-state index is 0.0328. The molecule has 0 bridgehead atoms. The van der Waals surface area contributed by atoms with E-state index in [0.29, 0.717) is 11.3 Å². The second-order valence-electron chi connectivity index (χ2n) is 7.69. The van der Waals surface area contributed by atoms with E-state index < -0.39 is 18.1 Å². The molecule has 6 nitrogen and oxygen atoms in total. The zero-order valence-electron chi connectivity index (χ0n) is 16.9. The molecule has 4 rings (SSSR count). The van der Waals surface area contributed by atoms with E-state index in [1.165, 1.54) is 12.1 Å². The molecule has 0 saturated heterocycles. The number of fused-ring (bicyclic) bond motifs is 3. The van der Waals surface area contributed by atoms with Crippen molar-refractivity contribution in [2.75, 3.05) is 0 Å². The Hall–Kier alpha value is -3.67. The summed E-state index contributed by atoms with van der Waals surface area (Å²) in [5.74, 6) is -0.837. The highest BCUT2D eigenvalue weighted by molar-refractivity contribution is 5.83. The third-order valence-corrected chi connectivity index (χ3v) is 5.41. The smallest absolute Gasteiger partial charge is 0.489 e. The average molecular weight is 444 g/mol. The van der Waals surface area contributed by atoms with Gasteiger partial charge >= 0.3 is 12.3 Å². The van der Waals surface area contributed by atoms with Crippen LogP contribution >= 0.6 is 0 Å². The fourth-order valence-corrected chi connectivity index (χ4v) is 4.18. The first-order chi connectivity index (χ1) is 15.2. The molecule has 1 aromatic heterocycles. The largest absolute Gasteiger partial charge is 0.573 e. The molecule has 0 spiro atoms. The summed E-state index contributed by atoms with van der Waals surface area (Å²) in [5.41, 5.74) is 2.36. The van der Waals surface area contributed by atoms with Gasteiger partial charge in [0, 0.05) is 29.1 Å². The highest BCUT2D eigenvalue weighted by atomic mass is 19.4. The van der Waals surface area contributed by atoms with Crippen LogP contribution in [0, 0.1) is 11.3 Å². The molecule has 9 heteroatoms. The number of nitriles is 1. The van der Waals surface area contributed by atoms with Gasteiger partial charge in [0.05, 0.1) is 18.1 Å². The first kappa shape index (κ1) is 21.6.